The molecule has 1 aliphatic heterocycles. The van der Waals surface area contributed by atoms with Crippen LogP contribution in [0.25, 0.3) is 0 Å². The van der Waals surface area contributed by atoms with Gasteiger partial charge >= 0.3 is 5.69 Å². The highest BCUT2D eigenvalue weighted by atomic mass is 31.2. The van der Waals surface area contributed by atoms with Crippen LogP contribution in [0.4, 0.5) is 10.2 Å². The molecular formula is C46H51FN5O8P. The number of hydrogen-bond acceptors (Lipinski definition) is 11. The van der Waals surface area contributed by atoms with Gasteiger partial charge in [0.25, 0.3) is 14.4 Å². The molecule has 1 N–H and O–H groups in total. The molecule has 1 saturated heterocycles. The van der Waals surface area contributed by atoms with Crippen molar-refractivity contribution in [2.45, 2.75) is 76.4 Å². The van der Waals surface area contributed by atoms with E-state index < -0.39 is 50.3 Å². The number of methoxy groups -OCH3 is 2. The van der Waals surface area contributed by atoms with Crippen LogP contribution < -0.4 is 20.5 Å². The minimum absolute atomic E-state index is 0.0123. The molecule has 4 aromatic carbocycles. The molecule has 6 rings (SSSR count). The maximum Gasteiger partial charge on any atom is 0.351 e. The van der Waals surface area contributed by atoms with Gasteiger partial charge in [0.05, 0.1) is 39.9 Å². The van der Waals surface area contributed by atoms with E-state index in [0.717, 1.165) is 21.3 Å². The molecule has 0 saturated carbocycles. The molecule has 15 heteroatoms. The summed E-state index contributed by atoms with van der Waals surface area (Å²) in [5.41, 5.74) is 0.498. The van der Waals surface area contributed by atoms with E-state index in [9.17, 15) is 14.9 Å². The van der Waals surface area contributed by atoms with E-state index in [1.165, 1.54) is 12.3 Å². The normalized spacial score (nSPS) is 18.2. The summed E-state index contributed by atoms with van der Waals surface area (Å²) in [7, 11) is 1.22. The number of halogens is 1. The van der Waals surface area contributed by atoms with Gasteiger partial charge < -0.3 is 33.3 Å². The van der Waals surface area contributed by atoms with Crippen molar-refractivity contribution >= 4 is 20.3 Å². The summed E-state index contributed by atoms with van der Waals surface area (Å²) in [4.78, 5) is 30.6. The van der Waals surface area contributed by atoms with Gasteiger partial charge in [-0.2, -0.15) is 10.2 Å². The van der Waals surface area contributed by atoms with Crippen molar-refractivity contribution < 1.29 is 37.2 Å². The summed E-state index contributed by atoms with van der Waals surface area (Å²) in [5, 5.41) is 12.0. The van der Waals surface area contributed by atoms with Crippen LogP contribution in [0.3, 0.4) is 0 Å². The Morgan fingerprint density at radius 2 is 1.44 bits per heavy atom. The molecule has 1 aromatic heterocycles. The summed E-state index contributed by atoms with van der Waals surface area (Å²) < 4.78 is 58.0. The summed E-state index contributed by atoms with van der Waals surface area (Å²) in [5.74, 6) is 0.814. The molecule has 61 heavy (non-hydrogen) atoms. The zero-order valence-electron chi connectivity index (χ0n) is 35.0. The van der Waals surface area contributed by atoms with E-state index >= 15 is 4.39 Å². The molecule has 5 aromatic rings. The third-order valence-electron chi connectivity index (χ3n) is 10.2. The molecular weight excluding hydrogens is 801 g/mol. The van der Waals surface area contributed by atoms with Gasteiger partial charge in [-0.05, 0) is 86.8 Å². The number of alkyl halides is 1. The second-order valence-corrected chi connectivity index (χ2v) is 16.2. The number of ether oxygens (including phenoxy) is 4. The average molecular weight is 852 g/mol. The molecule has 1 fully saturated rings. The van der Waals surface area contributed by atoms with Gasteiger partial charge in [0.2, 0.25) is 0 Å². The SMILES string of the molecule is COc1ccc(C(OC[C@@H]2O[C@H](n3ccc(NC(=O)c4ccccc4)nc3=O)[C@@H](F)[C@H]2OP(OCCC#N)N(C(C)C)C(C)C)(c2ccccc2)c2ccc(OC)cc2)cc1. The Bertz CT molecular complexity index is 2220. The number of hydrogen-bond donors (Lipinski definition) is 1. The number of rotatable bonds is 19. The van der Waals surface area contributed by atoms with E-state index in [-0.39, 0.29) is 37.5 Å². The second kappa shape index (κ2) is 20.8. The molecule has 0 aliphatic carbocycles. The standard InChI is InChI=1S/C46H51FN5O8P/c1-31(2)52(32(3)4)61(58-29-13-27-48)60-42-39(59-44(41(42)47)51-28-26-40(50-45(51)54)49-43(53)33-14-9-7-10-15-33)30-57-46(34-16-11-8-12-17-34,35-18-22-37(55-5)23-19-35)36-20-24-38(56-6)25-21-36/h7-12,14-26,28,31-32,39,41-42,44H,13,29-30H2,1-6H3,(H,49,50,53,54)/t39-,41-,42-,44-,61?/m0/s1. The Hall–Kier alpha value is -5.52. The molecule has 320 valence electrons. The van der Waals surface area contributed by atoms with Crippen molar-refractivity contribution in [1.29, 1.82) is 5.26 Å². The Balaban J connectivity index is 1.42. The van der Waals surface area contributed by atoms with E-state index in [4.69, 9.17) is 28.0 Å². The van der Waals surface area contributed by atoms with Gasteiger partial charge in [-0.15, -0.1) is 0 Å². The number of carbonyl (C=O) groups is 1. The number of nitrogens with one attached hydrogen (secondary N) is 1. The molecule has 0 bridgehead atoms. The number of amides is 1. The fourth-order valence-electron chi connectivity index (χ4n) is 7.31. The first-order chi connectivity index (χ1) is 29.5. The lowest BCUT2D eigenvalue weighted by molar-refractivity contribution is -0.0934. The number of aromatic nitrogens is 2. The number of anilines is 1. The van der Waals surface area contributed by atoms with E-state index in [1.807, 2.05) is 111 Å². The fourth-order valence-corrected chi connectivity index (χ4v) is 9.08. The van der Waals surface area contributed by atoms with Crippen LogP contribution in [0.2, 0.25) is 0 Å². The summed E-state index contributed by atoms with van der Waals surface area (Å²) in [6.45, 7) is 7.75. The predicted molar refractivity (Wildman–Crippen MR) is 230 cm³/mol. The lowest BCUT2D eigenvalue weighted by Gasteiger charge is -2.39. The monoisotopic (exact) mass is 851 g/mol. The predicted octanol–water partition coefficient (Wildman–Crippen LogP) is 8.42. The zero-order valence-corrected chi connectivity index (χ0v) is 35.9. The molecule has 13 nitrogen and oxygen atoms in total. The lowest BCUT2D eigenvalue weighted by atomic mass is 9.80. The van der Waals surface area contributed by atoms with E-state index in [0.29, 0.717) is 17.1 Å². The zero-order chi connectivity index (χ0) is 43.5. The van der Waals surface area contributed by atoms with Crippen LogP contribution in [-0.2, 0) is 24.1 Å². The van der Waals surface area contributed by atoms with Crippen LogP contribution in [0.15, 0.2) is 126 Å². The molecule has 0 radical (unpaired) electrons. The molecule has 2 heterocycles. The van der Waals surface area contributed by atoms with Gasteiger partial charge in [-0.25, -0.2) is 13.9 Å². The fraction of sp³-hybridized carbons (Fsp3) is 0.348. The van der Waals surface area contributed by atoms with E-state index in [2.05, 4.69) is 16.4 Å². The Labute approximate surface area is 356 Å². The highest BCUT2D eigenvalue weighted by Crippen LogP contribution is 2.51. The lowest BCUT2D eigenvalue weighted by Crippen LogP contribution is -2.41. The van der Waals surface area contributed by atoms with E-state index in [1.54, 1.807) is 44.6 Å². The molecule has 1 aliphatic rings. The Kier molecular flexibility index (Phi) is 15.4. The van der Waals surface area contributed by atoms with Gasteiger partial charge in [0.1, 0.15) is 35.1 Å². The first kappa shape index (κ1) is 45.0. The smallest absolute Gasteiger partial charge is 0.351 e. The van der Waals surface area contributed by atoms with Crippen LogP contribution in [0.1, 0.15) is 67.4 Å². The minimum atomic E-state index is -1.97. The maximum atomic E-state index is 17.4. The highest BCUT2D eigenvalue weighted by Gasteiger charge is 2.51. The summed E-state index contributed by atoms with van der Waals surface area (Å²) in [6.07, 6.45) is -4.46. The van der Waals surface area contributed by atoms with Crippen LogP contribution in [0.5, 0.6) is 11.5 Å². The molecule has 1 amide bonds. The second-order valence-electron chi connectivity index (χ2n) is 14.8. The number of nitrogens with zero attached hydrogens (tertiary/aromatic N) is 4. The third-order valence-corrected chi connectivity index (χ3v) is 12.3. The van der Waals surface area contributed by atoms with Gasteiger partial charge in [0, 0.05) is 23.8 Å². The van der Waals surface area contributed by atoms with Crippen LogP contribution in [-0.4, -0.2) is 78.0 Å². The maximum absolute atomic E-state index is 17.4. The highest BCUT2D eigenvalue weighted by molar-refractivity contribution is 7.44. The van der Waals surface area contributed by atoms with Crippen molar-refractivity contribution in [3.8, 4) is 17.6 Å². The first-order valence-corrected chi connectivity index (χ1v) is 21.1. The van der Waals surface area contributed by atoms with Gasteiger partial charge in [-0.1, -0.05) is 72.8 Å². The largest absolute Gasteiger partial charge is 0.497 e. The Morgan fingerprint density at radius 1 is 0.885 bits per heavy atom. The Morgan fingerprint density at radius 3 is 1.97 bits per heavy atom. The minimum Gasteiger partial charge on any atom is -0.497 e. The van der Waals surface area contributed by atoms with Gasteiger partial charge in [-0.3, -0.25) is 9.36 Å². The average Bonchev–Trinajstić information content (AvgIpc) is 3.58. The van der Waals surface area contributed by atoms with Crippen LogP contribution >= 0.6 is 8.53 Å². The van der Waals surface area contributed by atoms with Crippen molar-refractivity contribution in [2.75, 3.05) is 32.8 Å². The molecule has 0 spiro atoms. The number of nitriles is 1. The van der Waals surface area contributed by atoms with Crippen molar-refractivity contribution in [2.24, 2.45) is 0 Å². The summed E-state index contributed by atoms with van der Waals surface area (Å²) in [6, 6.07) is 36.5. The summed E-state index contributed by atoms with van der Waals surface area (Å²) >= 11 is 0. The van der Waals surface area contributed by atoms with Crippen molar-refractivity contribution in [3.63, 3.8) is 0 Å². The number of benzene rings is 4. The van der Waals surface area contributed by atoms with Crippen molar-refractivity contribution in [3.05, 3.63) is 154 Å². The first-order valence-electron chi connectivity index (χ1n) is 20.0. The third kappa shape index (κ3) is 10.3. The van der Waals surface area contributed by atoms with Crippen LogP contribution in [0, 0.1) is 11.3 Å². The van der Waals surface area contributed by atoms with Crippen molar-refractivity contribution in [1.82, 2.24) is 14.2 Å². The molecule has 1 unspecified atom stereocenters. The van der Waals surface area contributed by atoms with Gasteiger partial charge in [0.15, 0.2) is 12.4 Å². The topological polar surface area (TPSA) is 146 Å². The number of carbonyl (C=O) groups excluding carboxylic acids is 1. The molecule has 5 atom stereocenters. The quantitative estimate of drug-likeness (QED) is 0.0485.